The van der Waals surface area contributed by atoms with Crippen LogP contribution in [0.3, 0.4) is 0 Å². The molecule has 0 spiro atoms. The molecule has 1 saturated heterocycles. The smallest absolute Gasteiger partial charge is 0.325 e. The Balaban J connectivity index is 1.53. The average Bonchev–Trinajstić information content (AvgIpc) is 3.19. The third-order valence-corrected chi connectivity index (χ3v) is 5.60. The summed E-state index contributed by atoms with van der Waals surface area (Å²) in [5, 5.41) is 2.75. The highest BCUT2D eigenvalue weighted by atomic mass is 16.7. The molecule has 0 saturated carbocycles. The summed E-state index contributed by atoms with van der Waals surface area (Å²) in [7, 11) is 0. The van der Waals surface area contributed by atoms with Crippen molar-refractivity contribution in [3.05, 3.63) is 58.1 Å². The van der Waals surface area contributed by atoms with Crippen LogP contribution in [0.2, 0.25) is 0 Å². The van der Waals surface area contributed by atoms with Crippen molar-refractivity contribution in [3.8, 4) is 11.5 Å². The molecule has 1 fully saturated rings. The number of carbonyl (C=O) groups is 3. The van der Waals surface area contributed by atoms with E-state index in [1.807, 2.05) is 39.0 Å². The van der Waals surface area contributed by atoms with Crippen LogP contribution < -0.4 is 14.8 Å². The summed E-state index contributed by atoms with van der Waals surface area (Å²) >= 11 is 0. The lowest BCUT2D eigenvalue weighted by molar-refractivity contribution is -0.130. The zero-order valence-electron chi connectivity index (χ0n) is 17.5. The standard InChI is InChI=1S/C23H24N2O5/c1-13-7-14(2)20(15(3)8-13)17(26)11-25-21(27)23(4,24-22(25)28)10-16-5-6-18-19(9-16)30-12-29-18/h5-9H,10-12H2,1-4H3,(H,24,28)/t23-/m0/s1. The van der Waals surface area contributed by atoms with E-state index in [1.54, 1.807) is 19.1 Å². The maximum absolute atomic E-state index is 13.1. The molecular weight excluding hydrogens is 384 g/mol. The van der Waals surface area contributed by atoms with Crippen LogP contribution in [0, 0.1) is 20.8 Å². The molecule has 0 radical (unpaired) electrons. The van der Waals surface area contributed by atoms with Crippen LogP contribution >= 0.6 is 0 Å². The number of nitrogens with one attached hydrogen (secondary N) is 1. The molecule has 30 heavy (non-hydrogen) atoms. The number of rotatable bonds is 5. The molecule has 7 heteroatoms. The first-order valence-corrected chi connectivity index (χ1v) is 9.81. The Morgan fingerprint density at radius 1 is 1.07 bits per heavy atom. The highest BCUT2D eigenvalue weighted by Crippen LogP contribution is 2.34. The zero-order valence-corrected chi connectivity index (χ0v) is 17.5. The zero-order chi connectivity index (χ0) is 21.6. The molecular formula is C23H24N2O5. The third-order valence-electron chi connectivity index (χ3n) is 5.60. The summed E-state index contributed by atoms with van der Waals surface area (Å²) in [5.41, 5.74) is 3.00. The van der Waals surface area contributed by atoms with E-state index in [0.717, 1.165) is 27.2 Å². The fourth-order valence-electron chi connectivity index (χ4n) is 4.31. The van der Waals surface area contributed by atoms with Crippen LogP contribution in [0.15, 0.2) is 30.3 Å². The molecule has 2 aliphatic rings. The van der Waals surface area contributed by atoms with Crippen LogP contribution in [0.4, 0.5) is 4.79 Å². The molecule has 2 aromatic rings. The first kappa shape index (κ1) is 19.9. The van der Waals surface area contributed by atoms with Crippen molar-refractivity contribution in [2.45, 2.75) is 39.7 Å². The molecule has 0 aromatic heterocycles. The molecule has 0 aliphatic carbocycles. The molecule has 0 bridgehead atoms. The minimum absolute atomic E-state index is 0.166. The molecule has 1 N–H and O–H groups in total. The number of urea groups is 1. The maximum Gasteiger partial charge on any atom is 0.325 e. The lowest BCUT2D eigenvalue weighted by Crippen LogP contribution is -2.46. The second kappa shape index (κ2) is 7.16. The van der Waals surface area contributed by atoms with Gasteiger partial charge in [-0.2, -0.15) is 0 Å². The van der Waals surface area contributed by atoms with Gasteiger partial charge < -0.3 is 14.8 Å². The second-order valence-corrected chi connectivity index (χ2v) is 8.21. The lowest BCUT2D eigenvalue weighted by Gasteiger charge is -2.22. The number of imide groups is 1. The van der Waals surface area contributed by atoms with E-state index < -0.39 is 17.5 Å². The predicted octanol–water partition coefficient (Wildman–Crippen LogP) is 3.08. The van der Waals surface area contributed by atoms with E-state index in [9.17, 15) is 14.4 Å². The normalized spacial score (nSPS) is 19.9. The van der Waals surface area contributed by atoms with Gasteiger partial charge in [0.1, 0.15) is 5.54 Å². The van der Waals surface area contributed by atoms with E-state index >= 15 is 0 Å². The van der Waals surface area contributed by atoms with Gasteiger partial charge in [-0.3, -0.25) is 14.5 Å². The van der Waals surface area contributed by atoms with Crippen molar-refractivity contribution in [1.29, 1.82) is 0 Å². The van der Waals surface area contributed by atoms with Crippen molar-refractivity contribution in [3.63, 3.8) is 0 Å². The van der Waals surface area contributed by atoms with Crippen LogP contribution in [0.25, 0.3) is 0 Å². The molecule has 0 unspecified atom stereocenters. The summed E-state index contributed by atoms with van der Waals surface area (Å²) in [6.07, 6.45) is 0.279. The number of ether oxygens (including phenoxy) is 2. The van der Waals surface area contributed by atoms with Crippen molar-refractivity contribution in [1.82, 2.24) is 10.2 Å². The summed E-state index contributed by atoms with van der Waals surface area (Å²) in [5.74, 6) is 0.605. The Morgan fingerprint density at radius 3 is 2.43 bits per heavy atom. The summed E-state index contributed by atoms with van der Waals surface area (Å²) in [6.45, 7) is 7.25. The van der Waals surface area contributed by atoms with Crippen LogP contribution in [0.1, 0.15) is 39.5 Å². The molecule has 2 aliphatic heterocycles. The van der Waals surface area contributed by atoms with Crippen molar-refractivity contribution in [2.75, 3.05) is 13.3 Å². The largest absolute Gasteiger partial charge is 0.454 e. The summed E-state index contributed by atoms with van der Waals surface area (Å²) in [6, 6.07) is 8.72. The SMILES string of the molecule is Cc1cc(C)c(C(=O)CN2C(=O)N[C@@](C)(Cc3ccc4c(c3)OCO4)C2=O)c(C)c1. The number of aryl methyl sites for hydroxylation is 3. The minimum Gasteiger partial charge on any atom is -0.454 e. The monoisotopic (exact) mass is 408 g/mol. The fraction of sp³-hybridized carbons (Fsp3) is 0.348. The van der Waals surface area contributed by atoms with E-state index in [0.29, 0.717) is 17.1 Å². The van der Waals surface area contributed by atoms with E-state index in [2.05, 4.69) is 5.32 Å². The van der Waals surface area contributed by atoms with Gasteiger partial charge in [-0.1, -0.05) is 23.8 Å². The maximum atomic E-state index is 13.1. The molecule has 2 aromatic carbocycles. The van der Waals surface area contributed by atoms with E-state index in [4.69, 9.17) is 9.47 Å². The lowest BCUT2D eigenvalue weighted by atomic mass is 9.92. The third kappa shape index (κ3) is 3.40. The van der Waals surface area contributed by atoms with Crippen LogP contribution in [0.5, 0.6) is 11.5 Å². The van der Waals surface area contributed by atoms with Gasteiger partial charge in [0, 0.05) is 12.0 Å². The Labute approximate surface area is 175 Å². The van der Waals surface area contributed by atoms with Crippen LogP contribution in [-0.4, -0.2) is 41.5 Å². The van der Waals surface area contributed by atoms with E-state index in [-0.39, 0.29) is 25.5 Å². The number of ketones is 1. The van der Waals surface area contributed by atoms with Crippen molar-refractivity contribution >= 4 is 17.7 Å². The van der Waals surface area contributed by atoms with Gasteiger partial charge in [0.2, 0.25) is 6.79 Å². The molecule has 7 nitrogen and oxygen atoms in total. The highest BCUT2D eigenvalue weighted by molar-refractivity contribution is 6.11. The van der Waals surface area contributed by atoms with E-state index in [1.165, 1.54) is 0 Å². The topological polar surface area (TPSA) is 84.9 Å². The van der Waals surface area contributed by atoms with Gasteiger partial charge >= 0.3 is 6.03 Å². The Hall–Kier alpha value is -3.35. The summed E-state index contributed by atoms with van der Waals surface area (Å²) < 4.78 is 10.7. The molecule has 156 valence electrons. The number of hydrogen-bond donors (Lipinski definition) is 1. The fourth-order valence-corrected chi connectivity index (χ4v) is 4.31. The summed E-state index contributed by atoms with van der Waals surface area (Å²) in [4.78, 5) is 39.6. The number of Topliss-reactive ketones (excluding diaryl/α,β-unsaturated/α-hetero) is 1. The van der Waals surface area contributed by atoms with Gasteiger partial charge in [-0.25, -0.2) is 4.79 Å². The minimum atomic E-state index is -1.14. The molecule has 4 rings (SSSR count). The van der Waals surface area contributed by atoms with Crippen LogP contribution in [-0.2, 0) is 11.2 Å². The predicted molar refractivity (Wildman–Crippen MR) is 110 cm³/mol. The number of nitrogens with zero attached hydrogens (tertiary/aromatic N) is 1. The Bertz CT molecular complexity index is 1050. The van der Waals surface area contributed by atoms with Gasteiger partial charge in [-0.05, 0) is 56.5 Å². The van der Waals surface area contributed by atoms with Gasteiger partial charge in [0.05, 0.1) is 6.54 Å². The first-order valence-electron chi connectivity index (χ1n) is 9.81. The van der Waals surface area contributed by atoms with Gasteiger partial charge in [-0.15, -0.1) is 0 Å². The molecule has 1 atom stereocenters. The Morgan fingerprint density at radius 2 is 1.73 bits per heavy atom. The quantitative estimate of drug-likeness (QED) is 0.607. The average molecular weight is 408 g/mol. The molecule has 2 heterocycles. The van der Waals surface area contributed by atoms with Crippen molar-refractivity contribution in [2.24, 2.45) is 0 Å². The van der Waals surface area contributed by atoms with Crippen molar-refractivity contribution < 1.29 is 23.9 Å². The first-order chi connectivity index (χ1) is 14.2. The second-order valence-electron chi connectivity index (χ2n) is 8.21. The van der Waals surface area contributed by atoms with Gasteiger partial charge in [0.25, 0.3) is 5.91 Å². The number of hydrogen-bond acceptors (Lipinski definition) is 5. The number of amides is 3. The van der Waals surface area contributed by atoms with Gasteiger partial charge in [0.15, 0.2) is 17.3 Å². The highest BCUT2D eigenvalue weighted by Gasteiger charge is 2.48. The number of fused-ring (bicyclic) bond motifs is 1. The molecule has 3 amide bonds. The number of benzene rings is 2. The number of carbonyl (C=O) groups excluding carboxylic acids is 3. The Kier molecular flexibility index (Phi) is 4.76.